The number of benzene rings is 1. The maximum atomic E-state index is 12.2. The van der Waals surface area contributed by atoms with Crippen molar-refractivity contribution in [1.29, 1.82) is 0 Å². The molecule has 7 nitrogen and oxygen atoms in total. The molecule has 0 bridgehead atoms. The van der Waals surface area contributed by atoms with Gasteiger partial charge in [-0.25, -0.2) is 0 Å². The number of carbonyl (C=O) groups is 1. The molecule has 1 amide bonds. The van der Waals surface area contributed by atoms with Crippen molar-refractivity contribution in [3.8, 4) is 5.75 Å². The van der Waals surface area contributed by atoms with E-state index in [-0.39, 0.29) is 29.2 Å². The molecule has 1 aromatic carbocycles. The lowest BCUT2D eigenvalue weighted by molar-refractivity contribution is -0.384. The summed E-state index contributed by atoms with van der Waals surface area (Å²) < 4.78 is 4.96. The highest BCUT2D eigenvalue weighted by Gasteiger charge is 2.26. The van der Waals surface area contributed by atoms with Crippen LogP contribution in [0.1, 0.15) is 25.7 Å². The topological polar surface area (TPSA) is 107 Å². The minimum absolute atomic E-state index is 0.133. The molecule has 0 saturated heterocycles. The summed E-state index contributed by atoms with van der Waals surface area (Å²) in [7, 11) is 1.43. The van der Waals surface area contributed by atoms with Crippen molar-refractivity contribution in [3.05, 3.63) is 28.3 Å². The van der Waals surface area contributed by atoms with Crippen molar-refractivity contribution >= 4 is 17.3 Å². The third-order valence-corrected chi connectivity index (χ3v) is 3.80. The SMILES string of the molecule is COc1ccc(NC(=O)C2CCC(N)CC2)c([N+](=O)[O-])c1. The molecule has 0 radical (unpaired) electrons. The fraction of sp³-hybridized carbons (Fsp3) is 0.500. The zero-order valence-electron chi connectivity index (χ0n) is 11.9. The molecule has 0 atom stereocenters. The van der Waals surface area contributed by atoms with Crippen LogP contribution in [-0.4, -0.2) is 24.0 Å². The van der Waals surface area contributed by atoms with E-state index in [0.717, 1.165) is 25.7 Å². The second-order valence-electron chi connectivity index (χ2n) is 5.24. The average Bonchev–Trinajstić information content (AvgIpc) is 2.48. The summed E-state index contributed by atoms with van der Waals surface area (Å²) in [6, 6.07) is 4.53. The Morgan fingerprint density at radius 3 is 2.62 bits per heavy atom. The van der Waals surface area contributed by atoms with Crippen LogP contribution in [0.25, 0.3) is 0 Å². The van der Waals surface area contributed by atoms with E-state index < -0.39 is 4.92 Å². The van der Waals surface area contributed by atoms with E-state index >= 15 is 0 Å². The minimum atomic E-state index is -0.533. The van der Waals surface area contributed by atoms with Gasteiger partial charge >= 0.3 is 0 Å². The van der Waals surface area contributed by atoms with Crippen LogP contribution in [0, 0.1) is 16.0 Å². The molecule has 1 aliphatic rings. The van der Waals surface area contributed by atoms with E-state index in [1.807, 2.05) is 0 Å². The second-order valence-corrected chi connectivity index (χ2v) is 5.24. The fourth-order valence-corrected chi connectivity index (χ4v) is 2.51. The molecule has 2 rings (SSSR count). The lowest BCUT2D eigenvalue weighted by atomic mass is 9.86. The Hall–Kier alpha value is -2.15. The molecule has 1 aliphatic carbocycles. The van der Waals surface area contributed by atoms with Crippen molar-refractivity contribution in [3.63, 3.8) is 0 Å². The highest BCUT2D eigenvalue weighted by atomic mass is 16.6. The normalized spacial score (nSPS) is 21.6. The molecule has 0 heterocycles. The predicted octanol–water partition coefficient (Wildman–Crippen LogP) is 2.06. The summed E-state index contributed by atoms with van der Waals surface area (Å²) in [4.78, 5) is 22.7. The number of methoxy groups -OCH3 is 1. The van der Waals surface area contributed by atoms with Gasteiger partial charge in [0.2, 0.25) is 5.91 Å². The Labute approximate surface area is 122 Å². The number of nitro benzene ring substituents is 1. The van der Waals surface area contributed by atoms with Crippen LogP contribution in [0.4, 0.5) is 11.4 Å². The Balaban J connectivity index is 2.11. The van der Waals surface area contributed by atoms with Gasteiger partial charge in [0.15, 0.2) is 0 Å². The standard InChI is InChI=1S/C14H19N3O4/c1-21-11-6-7-12(13(8-11)17(19)20)16-14(18)9-2-4-10(15)5-3-9/h6-10H,2-5,15H2,1H3,(H,16,18). The molecule has 7 heteroatoms. The summed E-state index contributed by atoms with van der Waals surface area (Å²) in [6.07, 6.45) is 3.06. The smallest absolute Gasteiger partial charge is 0.296 e. The number of hydrogen-bond acceptors (Lipinski definition) is 5. The van der Waals surface area contributed by atoms with E-state index in [1.165, 1.54) is 19.2 Å². The molecule has 1 aromatic rings. The molecular weight excluding hydrogens is 274 g/mol. The van der Waals surface area contributed by atoms with Crippen LogP contribution in [0.5, 0.6) is 5.75 Å². The van der Waals surface area contributed by atoms with Gasteiger partial charge in [0, 0.05) is 12.0 Å². The molecular formula is C14H19N3O4. The lowest BCUT2D eigenvalue weighted by Crippen LogP contribution is -2.32. The first-order valence-electron chi connectivity index (χ1n) is 6.90. The second kappa shape index (κ2) is 6.53. The lowest BCUT2D eigenvalue weighted by Gasteiger charge is -2.25. The van der Waals surface area contributed by atoms with Crippen molar-refractivity contribution in [1.82, 2.24) is 0 Å². The maximum absolute atomic E-state index is 12.2. The van der Waals surface area contributed by atoms with Crippen LogP contribution < -0.4 is 15.8 Å². The molecule has 114 valence electrons. The molecule has 0 aliphatic heterocycles. The monoisotopic (exact) mass is 293 g/mol. The number of nitrogens with zero attached hydrogens (tertiary/aromatic N) is 1. The van der Waals surface area contributed by atoms with E-state index in [9.17, 15) is 14.9 Å². The van der Waals surface area contributed by atoms with Gasteiger partial charge in [-0.15, -0.1) is 0 Å². The quantitative estimate of drug-likeness (QED) is 0.652. The third kappa shape index (κ3) is 3.69. The number of hydrogen-bond donors (Lipinski definition) is 2. The molecule has 3 N–H and O–H groups in total. The number of nitrogens with one attached hydrogen (secondary N) is 1. The van der Waals surface area contributed by atoms with Gasteiger partial charge in [0.25, 0.3) is 5.69 Å². The van der Waals surface area contributed by atoms with E-state index in [1.54, 1.807) is 6.07 Å². The Morgan fingerprint density at radius 2 is 2.05 bits per heavy atom. The number of carbonyl (C=O) groups excluding carboxylic acids is 1. The van der Waals surface area contributed by atoms with E-state index in [0.29, 0.717) is 5.75 Å². The third-order valence-electron chi connectivity index (χ3n) is 3.80. The van der Waals surface area contributed by atoms with Crippen LogP contribution in [0.2, 0.25) is 0 Å². The zero-order valence-corrected chi connectivity index (χ0v) is 11.9. The first-order valence-corrected chi connectivity index (χ1v) is 6.90. The minimum Gasteiger partial charge on any atom is -0.496 e. The number of anilines is 1. The summed E-state index contributed by atoms with van der Waals surface area (Å²) in [6.45, 7) is 0. The van der Waals surface area contributed by atoms with Crippen molar-refractivity contribution in [2.24, 2.45) is 11.7 Å². The van der Waals surface area contributed by atoms with Gasteiger partial charge in [0.05, 0.1) is 18.1 Å². The maximum Gasteiger partial charge on any atom is 0.296 e. The van der Waals surface area contributed by atoms with Gasteiger partial charge in [0.1, 0.15) is 11.4 Å². The van der Waals surface area contributed by atoms with Crippen molar-refractivity contribution < 1.29 is 14.5 Å². The fourth-order valence-electron chi connectivity index (χ4n) is 2.51. The van der Waals surface area contributed by atoms with Gasteiger partial charge in [-0.05, 0) is 37.8 Å². The molecule has 0 aromatic heterocycles. The summed E-state index contributed by atoms with van der Waals surface area (Å²) in [5.74, 6) is 0.0602. The predicted molar refractivity (Wildman–Crippen MR) is 78.2 cm³/mol. The van der Waals surface area contributed by atoms with Gasteiger partial charge in [-0.2, -0.15) is 0 Å². The van der Waals surface area contributed by atoms with Crippen LogP contribution in [0.3, 0.4) is 0 Å². The molecule has 0 unspecified atom stereocenters. The summed E-state index contributed by atoms with van der Waals surface area (Å²) >= 11 is 0. The number of ether oxygens (including phenoxy) is 1. The first kappa shape index (κ1) is 15.2. The number of amides is 1. The first-order chi connectivity index (χ1) is 10.0. The summed E-state index contributed by atoms with van der Waals surface area (Å²) in [5.41, 5.74) is 5.83. The summed E-state index contributed by atoms with van der Waals surface area (Å²) in [5, 5.41) is 13.7. The zero-order chi connectivity index (χ0) is 15.4. The number of rotatable bonds is 4. The Bertz CT molecular complexity index is 539. The Morgan fingerprint density at radius 1 is 1.38 bits per heavy atom. The number of nitro groups is 1. The van der Waals surface area contributed by atoms with Crippen LogP contribution in [-0.2, 0) is 4.79 Å². The van der Waals surface area contributed by atoms with Crippen LogP contribution >= 0.6 is 0 Å². The van der Waals surface area contributed by atoms with Gasteiger partial charge in [-0.1, -0.05) is 0 Å². The van der Waals surface area contributed by atoms with Crippen molar-refractivity contribution in [2.45, 2.75) is 31.7 Å². The molecule has 1 saturated carbocycles. The van der Waals surface area contributed by atoms with Crippen LogP contribution in [0.15, 0.2) is 18.2 Å². The molecule has 1 fully saturated rings. The Kier molecular flexibility index (Phi) is 4.74. The number of nitrogens with two attached hydrogens (primary N) is 1. The largest absolute Gasteiger partial charge is 0.496 e. The molecule has 21 heavy (non-hydrogen) atoms. The van der Waals surface area contributed by atoms with E-state index in [4.69, 9.17) is 10.5 Å². The highest BCUT2D eigenvalue weighted by Crippen LogP contribution is 2.31. The van der Waals surface area contributed by atoms with Crippen molar-refractivity contribution in [2.75, 3.05) is 12.4 Å². The highest BCUT2D eigenvalue weighted by molar-refractivity contribution is 5.94. The van der Waals surface area contributed by atoms with Gasteiger partial charge in [-0.3, -0.25) is 14.9 Å². The van der Waals surface area contributed by atoms with Gasteiger partial charge < -0.3 is 15.8 Å². The average molecular weight is 293 g/mol. The molecule has 0 spiro atoms. The van der Waals surface area contributed by atoms with E-state index in [2.05, 4.69) is 5.32 Å².